The van der Waals surface area contributed by atoms with Gasteiger partial charge in [-0.2, -0.15) is 4.31 Å². The van der Waals surface area contributed by atoms with Crippen LogP contribution in [0.25, 0.3) is 0 Å². The van der Waals surface area contributed by atoms with Crippen molar-refractivity contribution < 1.29 is 17.9 Å². The molecule has 11 heteroatoms. The van der Waals surface area contributed by atoms with E-state index in [0.29, 0.717) is 66.0 Å². The number of benzene rings is 2. The zero-order valence-corrected chi connectivity index (χ0v) is 20.7. The Kier molecular flexibility index (Phi) is 6.86. The number of piperazine rings is 1. The van der Waals surface area contributed by atoms with Gasteiger partial charge < -0.3 is 10.5 Å². The van der Waals surface area contributed by atoms with Crippen LogP contribution in [0.2, 0.25) is 5.02 Å². The van der Waals surface area contributed by atoms with Gasteiger partial charge in [-0.05, 0) is 61.4 Å². The van der Waals surface area contributed by atoms with Crippen LogP contribution >= 0.6 is 11.6 Å². The highest BCUT2D eigenvalue weighted by molar-refractivity contribution is 7.89. The zero-order valence-electron chi connectivity index (χ0n) is 19.1. The SMILES string of the molecule is Cc1cc(S(=O)(=O)N2CCN(CC3CN(c4ccc(C(=N)N)cc4)C(=O)O3)CC2)c(C)cc1Cl. The number of aryl methyl sites for hydroxylation is 2. The summed E-state index contributed by atoms with van der Waals surface area (Å²) in [7, 11) is -3.62. The largest absolute Gasteiger partial charge is 0.443 e. The van der Waals surface area contributed by atoms with Crippen LogP contribution in [-0.4, -0.2) is 74.9 Å². The maximum absolute atomic E-state index is 13.2. The van der Waals surface area contributed by atoms with Crippen LogP contribution in [-0.2, 0) is 14.8 Å². The van der Waals surface area contributed by atoms with Crippen LogP contribution in [0.3, 0.4) is 0 Å². The molecule has 1 unspecified atom stereocenters. The number of carbonyl (C=O) groups is 1. The summed E-state index contributed by atoms with van der Waals surface area (Å²) in [6, 6.07) is 10.2. The van der Waals surface area contributed by atoms with Gasteiger partial charge in [0.05, 0.1) is 11.4 Å². The molecule has 2 saturated heterocycles. The normalized spacial score (nSPS) is 19.9. The molecule has 0 aromatic heterocycles. The molecular weight excluding hydrogens is 478 g/mol. The van der Waals surface area contributed by atoms with Crippen LogP contribution in [0.1, 0.15) is 16.7 Å². The number of sulfonamides is 1. The summed E-state index contributed by atoms with van der Waals surface area (Å²) in [6.07, 6.45) is -0.736. The average molecular weight is 506 g/mol. The fourth-order valence-corrected chi connectivity index (χ4v) is 6.19. The van der Waals surface area contributed by atoms with Gasteiger partial charge in [0.25, 0.3) is 0 Å². The number of nitrogen functional groups attached to an aromatic ring is 1. The molecular formula is C23H28ClN5O4S. The number of nitrogens with two attached hydrogens (primary N) is 1. The lowest BCUT2D eigenvalue weighted by atomic mass is 10.2. The van der Waals surface area contributed by atoms with Gasteiger partial charge in [0.15, 0.2) is 0 Å². The Hall–Kier alpha value is -2.66. The first kappa shape index (κ1) is 24.5. The first-order valence-electron chi connectivity index (χ1n) is 11.0. The van der Waals surface area contributed by atoms with Gasteiger partial charge in [-0.3, -0.25) is 15.2 Å². The Bertz CT molecular complexity index is 1210. The molecule has 0 spiro atoms. The maximum atomic E-state index is 13.2. The molecule has 9 nitrogen and oxygen atoms in total. The minimum atomic E-state index is -3.62. The number of amidine groups is 1. The van der Waals surface area contributed by atoms with Crippen LogP contribution < -0.4 is 10.6 Å². The first-order valence-corrected chi connectivity index (χ1v) is 12.8. The summed E-state index contributed by atoms with van der Waals surface area (Å²) in [5.74, 6) is -0.0315. The molecule has 2 aromatic rings. The Labute approximate surface area is 204 Å². The third-order valence-corrected chi connectivity index (χ3v) is 8.68. The van der Waals surface area contributed by atoms with E-state index in [2.05, 4.69) is 4.90 Å². The molecule has 2 aromatic carbocycles. The third-order valence-electron chi connectivity index (χ3n) is 6.23. The Morgan fingerprint density at radius 3 is 2.38 bits per heavy atom. The smallest absolute Gasteiger partial charge is 0.414 e. The van der Waals surface area contributed by atoms with Crippen LogP contribution in [0.4, 0.5) is 10.5 Å². The van der Waals surface area contributed by atoms with E-state index in [4.69, 9.17) is 27.5 Å². The molecule has 2 heterocycles. The van der Waals surface area contributed by atoms with E-state index in [1.54, 1.807) is 55.1 Å². The number of rotatable bonds is 6. The van der Waals surface area contributed by atoms with Gasteiger partial charge in [-0.15, -0.1) is 0 Å². The summed E-state index contributed by atoms with van der Waals surface area (Å²) in [6.45, 7) is 6.30. The van der Waals surface area contributed by atoms with Crippen molar-refractivity contribution >= 4 is 39.2 Å². The molecule has 0 radical (unpaired) electrons. The maximum Gasteiger partial charge on any atom is 0.414 e. The van der Waals surface area contributed by atoms with Gasteiger partial charge >= 0.3 is 6.09 Å². The Morgan fingerprint density at radius 2 is 1.76 bits per heavy atom. The van der Waals surface area contributed by atoms with Crippen molar-refractivity contribution in [1.29, 1.82) is 5.41 Å². The van der Waals surface area contributed by atoms with Gasteiger partial charge in [-0.1, -0.05) is 11.6 Å². The summed E-state index contributed by atoms with van der Waals surface area (Å²) < 4.78 is 33.4. The summed E-state index contributed by atoms with van der Waals surface area (Å²) in [4.78, 5) is 16.4. The highest BCUT2D eigenvalue weighted by Crippen LogP contribution is 2.27. The van der Waals surface area contributed by atoms with E-state index in [1.165, 1.54) is 4.31 Å². The van der Waals surface area contributed by atoms with Gasteiger partial charge in [0, 0.05) is 49.0 Å². The Morgan fingerprint density at radius 1 is 1.12 bits per heavy atom. The second kappa shape index (κ2) is 9.53. The number of halogens is 1. The molecule has 4 rings (SSSR count). The highest BCUT2D eigenvalue weighted by Gasteiger charge is 2.35. The molecule has 0 aliphatic carbocycles. The predicted molar refractivity (Wildman–Crippen MR) is 131 cm³/mol. The molecule has 0 saturated carbocycles. The summed E-state index contributed by atoms with van der Waals surface area (Å²) >= 11 is 6.13. The van der Waals surface area contributed by atoms with E-state index in [9.17, 15) is 13.2 Å². The number of hydrogen-bond donors (Lipinski definition) is 2. The van der Waals surface area contributed by atoms with E-state index in [1.807, 2.05) is 0 Å². The molecule has 2 aliphatic heterocycles. The van der Waals surface area contributed by atoms with Crippen LogP contribution in [0.15, 0.2) is 41.3 Å². The van der Waals surface area contributed by atoms with E-state index in [0.717, 1.165) is 5.56 Å². The van der Waals surface area contributed by atoms with E-state index in [-0.39, 0.29) is 11.9 Å². The number of carbonyl (C=O) groups excluding carboxylic acids is 1. The number of anilines is 1. The molecule has 182 valence electrons. The summed E-state index contributed by atoms with van der Waals surface area (Å²) in [5.41, 5.74) is 8.12. The number of ether oxygens (including phenoxy) is 1. The van der Waals surface area contributed by atoms with Crippen molar-refractivity contribution in [2.75, 3.05) is 44.2 Å². The van der Waals surface area contributed by atoms with E-state index >= 15 is 0 Å². The molecule has 1 amide bonds. The molecule has 0 bridgehead atoms. The molecule has 2 aliphatic rings. The number of nitrogens with zero attached hydrogens (tertiary/aromatic N) is 3. The zero-order chi connectivity index (χ0) is 24.6. The van der Waals surface area contributed by atoms with Crippen molar-refractivity contribution in [3.8, 4) is 0 Å². The average Bonchev–Trinajstić information content (AvgIpc) is 3.16. The van der Waals surface area contributed by atoms with Gasteiger partial charge in [0.2, 0.25) is 10.0 Å². The van der Waals surface area contributed by atoms with Gasteiger partial charge in [-0.25, -0.2) is 13.2 Å². The monoisotopic (exact) mass is 505 g/mol. The number of nitrogens with one attached hydrogen (secondary N) is 1. The molecule has 34 heavy (non-hydrogen) atoms. The molecule has 3 N–H and O–H groups in total. The van der Waals surface area contributed by atoms with Crippen molar-refractivity contribution in [2.24, 2.45) is 5.73 Å². The minimum absolute atomic E-state index is 0.0315. The lowest BCUT2D eigenvalue weighted by Crippen LogP contribution is -2.50. The van der Waals surface area contributed by atoms with Crippen LogP contribution in [0.5, 0.6) is 0 Å². The second-order valence-corrected chi connectivity index (χ2v) is 11.0. The fraction of sp³-hybridized carbons (Fsp3) is 0.391. The number of hydrogen-bond acceptors (Lipinski definition) is 6. The predicted octanol–water partition coefficient (Wildman–Crippen LogP) is 2.57. The topological polar surface area (TPSA) is 120 Å². The van der Waals surface area contributed by atoms with Crippen molar-refractivity contribution in [3.63, 3.8) is 0 Å². The Balaban J connectivity index is 1.35. The minimum Gasteiger partial charge on any atom is -0.443 e. The summed E-state index contributed by atoms with van der Waals surface area (Å²) in [5, 5.41) is 8.03. The quantitative estimate of drug-likeness (QED) is 0.460. The van der Waals surface area contributed by atoms with Crippen LogP contribution in [0, 0.1) is 19.3 Å². The third kappa shape index (κ3) is 4.90. The second-order valence-electron chi connectivity index (χ2n) is 8.65. The lowest BCUT2D eigenvalue weighted by molar-refractivity contribution is 0.0937. The first-order chi connectivity index (χ1) is 16.1. The van der Waals surface area contributed by atoms with Crippen molar-refractivity contribution in [2.45, 2.75) is 24.8 Å². The molecule has 2 fully saturated rings. The van der Waals surface area contributed by atoms with Crippen molar-refractivity contribution in [1.82, 2.24) is 9.21 Å². The van der Waals surface area contributed by atoms with E-state index < -0.39 is 16.1 Å². The number of amides is 1. The highest BCUT2D eigenvalue weighted by atomic mass is 35.5. The van der Waals surface area contributed by atoms with Gasteiger partial charge in [0.1, 0.15) is 11.9 Å². The molecule has 1 atom stereocenters. The number of cyclic esters (lactones) is 1. The fourth-order valence-electron chi connectivity index (χ4n) is 4.26. The standard InChI is InChI=1S/C23H28ClN5O4S/c1-15-12-21(16(2)11-20(15)24)34(31,32)28-9-7-27(8-10-28)13-19-14-29(23(30)33-19)18-5-3-17(4-6-18)22(25)26/h3-6,11-12,19H,7-10,13-14H2,1-2H3,(H3,25,26). The lowest BCUT2D eigenvalue weighted by Gasteiger charge is -2.35. The van der Waals surface area contributed by atoms with Crippen molar-refractivity contribution in [3.05, 3.63) is 58.1 Å².